The number of pyridine rings is 1. The van der Waals surface area contributed by atoms with Crippen LogP contribution in [0.15, 0.2) is 28.3 Å². The quantitative estimate of drug-likeness (QED) is 0.465. The summed E-state index contributed by atoms with van der Waals surface area (Å²) in [5, 5.41) is 1.43. The molecule has 7 heteroatoms. The van der Waals surface area contributed by atoms with Gasteiger partial charge in [0.25, 0.3) is 5.56 Å². The second-order valence-electron chi connectivity index (χ2n) is 3.82. The van der Waals surface area contributed by atoms with Crippen molar-refractivity contribution in [1.29, 1.82) is 0 Å². The summed E-state index contributed by atoms with van der Waals surface area (Å²) in [6.07, 6.45) is 3.11. The van der Waals surface area contributed by atoms with Gasteiger partial charge >= 0.3 is 0 Å². The van der Waals surface area contributed by atoms with Gasteiger partial charge in [-0.25, -0.2) is 9.97 Å². The molecule has 0 saturated carbocycles. The highest BCUT2D eigenvalue weighted by Gasteiger charge is 2.12. The first-order valence-corrected chi connectivity index (χ1v) is 6.88. The molecule has 0 aliphatic heterocycles. The Balaban J connectivity index is 2.56. The predicted octanol–water partition coefficient (Wildman–Crippen LogP) is 1.13. The van der Waals surface area contributed by atoms with Crippen molar-refractivity contribution in [1.82, 2.24) is 14.5 Å². The van der Waals surface area contributed by atoms with Gasteiger partial charge in [0.05, 0.1) is 6.54 Å². The molecule has 0 radical (unpaired) electrons. The topological polar surface area (TPSA) is 66.2 Å². The van der Waals surface area contributed by atoms with Gasteiger partial charge in [0.2, 0.25) is 0 Å². The fourth-order valence-corrected chi connectivity index (χ4v) is 2.06. The third-order valence-corrected chi connectivity index (χ3v) is 3.30. The number of hydrogen-bond acceptors (Lipinski definition) is 6. The van der Waals surface area contributed by atoms with Crippen molar-refractivity contribution in [3.05, 3.63) is 28.7 Å². The zero-order valence-corrected chi connectivity index (χ0v) is 11.8. The van der Waals surface area contributed by atoms with Gasteiger partial charge in [-0.2, -0.15) is 0 Å². The third-order valence-electron chi connectivity index (χ3n) is 2.74. The summed E-state index contributed by atoms with van der Waals surface area (Å²) < 4.78 is 11.8. The second-order valence-corrected chi connectivity index (χ2v) is 4.59. The number of fused-ring (bicyclic) bond motifs is 1. The summed E-state index contributed by atoms with van der Waals surface area (Å²) in [7, 11) is 3.07. The van der Waals surface area contributed by atoms with E-state index in [1.54, 1.807) is 12.3 Å². The Kier molecular flexibility index (Phi) is 4.52. The molecule has 19 heavy (non-hydrogen) atoms. The molecule has 102 valence electrons. The molecule has 0 N–H and O–H groups in total. The Morgan fingerprint density at radius 2 is 2.11 bits per heavy atom. The number of methoxy groups -OCH3 is 2. The SMILES string of the molecule is COC(Cn1c(=O)ccc2cnc(SC)nc21)OC. The summed E-state index contributed by atoms with van der Waals surface area (Å²) in [4.78, 5) is 20.6. The van der Waals surface area contributed by atoms with Gasteiger partial charge in [-0.3, -0.25) is 9.36 Å². The van der Waals surface area contributed by atoms with Crippen LogP contribution in [0.25, 0.3) is 11.0 Å². The molecule has 0 aliphatic carbocycles. The van der Waals surface area contributed by atoms with Crippen LogP contribution in [0.2, 0.25) is 0 Å². The van der Waals surface area contributed by atoms with Gasteiger partial charge in [-0.15, -0.1) is 0 Å². The number of nitrogens with zero attached hydrogens (tertiary/aromatic N) is 3. The Hall–Kier alpha value is -1.44. The van der Waals surface area contributed by atoms with E-state index in [0.29, 0.717) is 10.8 Å². The van der Waals surface area contributed by atoms with Crippen molar-refractivity contribution in [2.75, 3.05) is 20.5 Å². The van der Waals surface area contributed by atoms with Crippen LogP contribution in [-0.2, 0) is 16.0 Å². The van der Waals surface area contributed by atoms with Crippen molar-refractivity contribution >= 4 is 22.8 Å². The average molecular weight is 281 g/mol. The minimum atomic E-state index is -0.490. The van der Waals surface area contributed by atoms with Crippen LogP contribution in [-0.4, -0.2) is 41.3 Å². The highest BCUT2D eigenvalue weighted by molar-refractivity contribution is 7.98. The molecule has 2 rings (SSSR count). The zero-order chi connectivity index (χ0) is 13.8. The smallest absolute Gasteiger partial charge is 0.252 e. The van der Waals surface area contributed by atoms with E-state index in [-0.39, 0.29) is 12.1 Å². The van der Waals surface area contributed by atoms with Crippen LogP contribution in [0.4, 0.5) is 0 Å². The molecule has 0 spiro atoms. The predicted molar refractivity (Wildman–Crippen MR) is 73.4 cm³/mol. The summed E-state index contributed by atoms with van der Waals surface area (Å²) in [5.74, 6) is 0. The lowest BCUT2D eigenvalue weighted by atomic mass is 10.3. The Labute approximate surface area is 114 Å². The van der Waals surface area contributed by atoms with Gasteiger partial charge in [0, 0.05) is 31.9 Å². The molecule has 6 nitrogen and oxygen atoms in total. The van der Waals surface area contributed by atoms with Gasteiger partial charge in [-0.1, -0.05) is 11.8 Å². The minimum Gasteiger partial charge on any atom is -0.354 e. The van der Waals surface area contributed by atoms with Crippen molar-refractivity contribution < 1.29 is 9.47 Å². The molecule has 0 amide bonds. The van der Waals surface area contributed by atoms with Gasteiger partial charge in [0.1, 0.15) is 5.65 Å². The fourth-order valence-electron chi connectivity index (χ4n) is 1.72. The number of ether oxygens (including phenoxy) is 2. The Morgan fingerprint density at radius 1 is 1.37 bits per heavy atom. The Morgan fingerprint density at radius 3 is 2.74 bits per heavy atom. The van der Waals surface area contributed by atoms with E-state index < -0.39 is 6.29 Å². The van der Waals surface area contributed by atoms with Gasteiger partial charge < -0.3 is 9.47 Å². The first-order chi connectivity index (χ1) is 9.19. The van der Waals surface area contributed by atoms with E-state index in [1.807, 2.05) is 6.26 Å². The molecule has 0 unspecified atom stereocenters. The van der Waals surface area contributed by atoms with Gasteiger partial charge in [0.15, 0.2) is 11.4 Å². The molecular formula is C12H15N3O3S. The molecule has 2 aromatic heterocycles. The maximum atomic E-state index is 12.0. The summed E-state index contributed by atoms with van der Waals surface area (Å²) in [5.41, 5.74) is 0.448. The van der Waals surface area contributed by atoms with Crippen LogP contribution in [0.3, 0.4) is 0 Å². The number of hydrogen-bond donors (Lipinski definition) is 0. The molecule has 0 saturated heterocycles. The van der Waals surface area contributed by atoms with E-state index >= 15 is 0 Å². The van der Waals surface area contributed by atoms with Crippen LogP contribution in [0.5, 0.6) is 0 Å². The summed E-state index contributed by atoms with van der Waals surface area (Å²) in [6, 6.07) is 3.21. The monoisotopic (exact) mass is 281 g/mol. The molecule has 2 heterocycles. The van der Waals surface area contributed by atoms with E-state index in [9.17, 15) is 4.79 Å². The molecule has 2 aromatic rings. The maximum absolute atomic E-state index is 12.0. The highest BCUT2D eigenvalue weighted by atomic mass is 32.2. The maximum Gasteiger partial charge on any atom is 0.252 e. The number of thioether (sulfide) groups is 1. The largest absolute Gasteiger partial charge is 0.354 e. The van der Waals surface area contributed by atoms with E-state index in [2.05, 4.69) is 9.97 Å². The lowest BCUT2D eigenvalue weighted by molar-refractivity contribution is -0.110. The average Bonchev–Trinajstić information content (AvgIpc) is 2.46. The van der Waals surface area contributed by atoms with Crippen molar-refractivity contribution in [3.8, 4) is 0 Å². The normalized spacial score (nSPS) is 11.4. The molecule has 0 aromatic carbocycles. The number of rotatable bonds is 5. The van der Waals surface area contributed by atoms with Crippen LogP contribution in [0.1, 0.15) is 0 Å². The first-order valence-electron chi connectivity index (χ1n) is 5.65. The third kappa shape index (κ3) is 2.94. The molecule has 0 bridgehead atoms. The van der Waals surface area contributed by atoms with E-state index in [1.165, 1.54) is 36.6 Å². The van der Waals surface area contributed by atoms with Crippen LogP contribution in [0, 0.1) is 0 Å². The van der Waals surface area contributed by atoms with Crippen molar-refractivity contribution in [2.45, 2.75) is 18.0 Å². The van der Waals surface area contributed by atoms with Crippen LogP contribution >= 0.6 is 11.8 Å². The lowest BCUT2D eigenvalue weighted by Gasteiger charge is -2.16. The molecule has 0 fully saturated rings. The van der Waals surface area contributed by atoms with Gasteiger partial charge in [-0.05, 0) is 12.3 Å². The molecular weight excluding hydrogens is 266 g/mol. The molecule has 0 aliphatic rings. The second kappa shape index (κ2) is 6.14. The lowest BCUT2D eigenvalue weighted by Crippen LogP contribution is -2.29. The van der Waals surface area contributed by atoms with Crippen LogP contribution < -0.4 is 5.56 Å². The zero-order valence-electron chi connectivity index (χ0n) is 11.0. The number of aromatic nitrogens is 3. The van der Waals surface area contributed by atoms with E-state index in [0.717, 1.165) is 5.39 Å². The minimum absolute atomic E-state index is 0.141. The van der Waals surface area contributed by atoms with Crippen molar-refractivity contribution in [3.63, 3.8) is 0 Å². The summed E-state index contributed by atoms with van der Waals surface area (Å²) >= 11 is 1.43. The fraction of sp³-hybridized carbons (Fsp3) is 0.417. The molecule has 0 atom stereocenters. The van der Waals surface area contributed by atoms with E-state index in [4.69, 9.17) is 9.47 Å². The first kappa shape index (κ1) is 14.0. The van der Waals surface area contributed by atoms with Crippen molar-refractivity contribution in [2.24, 2.45) is 0 Å². The standard InChI is InChI=1S/C12H15N3O3S/c1-17-10(18-2)7-15-9(16)5-4-8-6-13-12(19-3)14-11(8)15/h4-6,10H,7H2,1-3H3. The highest BCUT2D eigenvalue weighted by Crippen LogP contribution is 2.14. The summed E-state index contributed by atoms with van der Waals surface area (Å²) in [6.45, 7) is 0.286. The Bertz CT molecular complexity index is 625.